The molecule has 0 aliphatic carbocycles. The predicted molar refractivity (Wildman–Crippen MR) is 106 cm³/mol. The Morgan fingerprint density at radius 2 is 2.00 bits per heavy atom. The van der Waals surface area contributed by atoms with Crippen LogP contribution in [0.25, 0.3) is 0 Å². The maximum Gasteiger partial charge on any atom is 0.194 e. The second-order valence-electron chi connectivity index (χ2n) is 6.22. The number of ether oxygens (including phenoxy) is 2. The minimum absolute atomic E-state index is 0.466. The molecule has 0 fully saturated rings. The van der Waals surface area contributed by atoms with Crippen LogP contribution < -0.4 is 10.1 Å². The van der Waals surface area contributed by atoms with Gasteiger partial charge in [0.1, 0.15) is 24.7 Å². The average Bonchev–Trinajstić information content (AvgIpc) is 3.00. The van der Waals surface area contributed by atoms with Gasteiger partial charge in [0.25, 0.3) is 0 Å². The molecule has 0 saturated heterocycles. The number of benzene rings is 1. The number of aryl methyl sites for hydroxylation is 1. The summed E-state index contributed by atoms with van der Waals surface area (Å²) in [5.41, 5.74) is 0. The van der Waals surface area contributed by atoms with Crippen LogP contribution in [0.3, 0.4) is 0 Å². The van der Waals surface area contributed by atoms with Gasteiger partial charge in [0.05, 0.1) is 6.54 Å². The van der Waals surface area contributed by atoms with Gasteiger partial charge in [-0.15, -0.1) is 10.2 Å². The molecule has 0 unspecified atom stereocenters. The number of hydrogen-bond donors (Lipinski definition) is 1. The van der Waals surface area contributed by atoms with E-state index in [0.717, 1.165) is 36.3 Å². The highest BCUT2D eigenvalue weighted by Crippen LogP contribution is 2.08. The minimum atomic E-state index is 0.466. The molecule has 0 spiro atoms. The number of hydrogen-bond acceptors (Lipinski definition) is 5. The van der Waals surface area contributed by atoms with Crippen molar-refractivity contribution >= 4 is 5.96 Å². The molecule has 8 nitrogen and oxygen atoms in total. The fraction of sp³-hybridized carbons (Fsp3) is 0.526. The molecule has 1 heterocycles. The van der Waals surface area contributed by atoms with Crippen LogP contribution in [0.2, 0.25) is 0 Å². The summed E-state index contributed by atoms with van der Waals surface area (Å²) in [7, 11) is 5.65. The Balaban J connectivity index is 1.92. The standard InChI is InChI=1S/C19H30N6O2/c1-16-22-23-18(25(16)3)15-21-19(20-11-8-13-26-4)24(2)12-14-27-17-9-6-5-7-10-17/h5-7,9-10H,8,11-15H2,1-4H3,(H,20,21). The van der Waals surface area contributed by atoms with Gasteiger partial charge in [-0.25, -0.2) is 4.99 Å². The predicted octanol–water partition coefficient (Wildman–Crippen LogP) is 1.62. The van der Waals surface area contributed by atoms with Crippen molar-refractivity contribution in [1.82, 2.24) is 25.0 Å². The molecule has 1 aromatic carbocycles. The smallest absolute Gasteiger partial charge is 0.194 e. The van der Waals surface area contributed by atoms with Gasteiger partial charge in [-0.3, -0.25) is 0 Å². The molecule has 0 radical (unpaired) electrons. The number of aliphatic imine (C=N–C) groups is 1. The van der Waals surface area contributed by atoms with E-state index in [1.54, 1.807) is 7.11 Å². The first-order valence-corrected chi connectivity index (χ1v) is 9.13. The maximum atomic E-state index is 5.78. The molecule has 0 aliphatic heterocycles. The molecule has 27 heavy (non-hydrogen) atoms. The lowest BCUT2D eigenvalue weighted by Crippen LogP contribution is -2.41. The summed E-state index contributed by atoms with van der Waals surface area (Å²) in [6, 6.07) is 9.81. The van der Waals surface area contributed by atoms with E-state index in [1.807, 2.05) is 55.9 Å². The van der Waals surface area contributed by atoms with Crippen LogP contribution >= 0.6 is 0 Å². The Morgan fingerprint density at radius 1 is 1.22 bits per heavy atom. The maximum absolute atomic E-state index is 5.78. The number of guanidine groups is 1. The van der Waals surface area contributed by atoms with E-state index in [4.69, 9.17) is 14.5 Å². The van der Waals surface area contributed by atoms with Crippen LogP contribution in [-0.4, -0.2) is 66.1 Å². The van der Waals surface area contributed by atoms with Crippen LogP contribution in [0.1, 0.15) is 18.1 Å². The monoisotopic (exact) mass is 374 g/mol. The Bertz CT molecular complexity index is 701. The van der Waals surface area contributed by atoms with Crippen molar-refractivity contribution in [3.8, 4) is 5.75 Å². The highest BCUT2D eigenvalue weighted by atomic mass is 16.5. The van der Waals surface area contributed by atoms with Gasteiger partial charge in [0.2, 0.25) is 0 Å². The summed E-state index contributed by atoms with van der Waals surface area (Å²) in [4.78, 5) is 6.76. The first-order chi connectivity index (χ1) is 13.1. The van der Waals surface area contributed by atoms with Crippen molar-refractivity contribution in [2.24, 2.45) is 12.0 Å². The zero-order chi connectivity index (χ0) is 19.5. The molecule has 1 aromatic heterocycles. The van der Waals surface area contributed by atoms with Crippen molar-refractivity contribution in [1.29, 1.82) is 0 Å². The van der Waals surface area contributed by atoms with Gasteiger partial charge in [0.15, 0.2) is 11.8 Å². The van der Waals surface area contributed by atoms with E-state index in [9.17, 15) is 0 Å². The molecule has 8 heteroatoms. The minimum Gasteiger partial charge on any atom is -0.492 e. The lowest BCUT2D eigenvalue weighted by molar-refractivity contribution is 0.195. The Labute approximate surface area is 161 Å². The molecule has 0 amide bonds. The molecule has 148 valence electrons. The first-order valence-electron chi connectivity index (χ1n) is 9.13. The van der Waals surface area contributed by atoms with E-state index in [2.05, 4.69) is 20.4 Å². The van der Waals surface area contributed by atoms with E-state index in [-0.39, 0.29) is 0 Å². The van der Waals surface area contributed by atoms with Crippen molar-refractivity contribution in [2.75, 3.05) is 40.5 Å². The number of rotatable bonds is 10. The highest BCUT2D eigenvalue weighted by molar-refractivity contribution is 5.79. The Morgan fingerprint density at radius 3 is 2.67 bits per heavy atom. The van der Waals surface area contributed by atoms with Crippen molar-refractivity contribution in [3.63, 3.8) is 0 Å². The SMILES string of the molecule is COCCCNC(=NCc1nnc(C)n1C)N(C)CCOc1ccccc1. The molecule has 1 N–H and O–H groups in total. The largest absolute Gasteiger partial charge is 0.492 e. The number of para-hydroxylation sites is 1. The molecule has 2 aromatic rings. The van der Waals surface area contributed by atoms with E-state index in [1.165, 1.54) is 0 Å². The van der Waals surface area contributed by atoms with Crippen LogP contribution in [0.15, 0.2) is 35.3 Å². The zero-order valence-corrected chi connectivity index (χ0v) is 16.7. The lowest BCUT2D eigenvalue weighted by atomic mass is 10.3. The summed E-state index contributed by atoms with van der Waals surface area (Å²) < 4.78 is 12.8. The molecule has 2 rings (SSSR count). The van der Waals surface area contributed by atoms with Crippen LogP contribution in [0.4, 0.5) is 0 Å². The summed E-state index contributed by atoms with van der Waals surface area (Å²) in [6.45, 7) is 5.17. The fourth-order valence-corrected chi connectivity index (χ4v) is 2.39. The third-order valence-electron chi connectivity index (χ3n) is 4.16. The molecule has 0 saturated carbocycles. The van der Waals surface area contributed by atoms with Gasteiger partial charge in [-0.2, -0.15) is 0 Å². The third kappa shape index (κ3) is 6.90. The van der Waals surface area contributed by atoms with Gasteiger partial charge in [-0.05, 0) is 25.5 Å². The number of nitrogens with zero attached hydrogens (tertiary/aromatic N) is 5. The van der Waals surface area contributed by atoms with E-state index >= 15 is 0 Å². The molecular formula is C19H30N6O2. The summed E-state index contributed by atoms with van der Waals surface area (Å²) in [5.74, 6) is 3.38. The quantitative estimate of drug-likeness (QED) is 0.387. The molecule has 0 aliphatic rings. The normalized spacial score (nSPS) is 11.5. The van der Waals surface area contributed by atoms with Gasteiger partial charge < -0.3 is 24.3 Å². The van der Waals surface area contributed by atoms with Crippen LogP contribution in [-0.2, 0) is 18.3 Å². The van der Waals surface area contributed by atoms with Crippen molar-refractivity contribution < 1.29 is 9.47 Å². The fourth-order valence-electron chi connectivity index (χ4n) is 2.39. The van der Waals surface area contributed by atoms with Gasteiger partial charge in [-0.1, -0.05) is 18.2 Å². The second-order valence-corrected chi connectivity index (χ2v) is 6.22. The van der Waals surface area contributed by atoms with E-state index < -0.39 is 0 Å². The number of likely N-dealkylation sites (N-methyl/N-ethyl adjacent to an activating group) is 1. The van der Waals surface area contributed by atoms with Gasteiger partial charge in [0, 0.05) is 34.4 Å². The molecular weight excluding hydrogens is 344 g/mol. The number of methoxy groups -OCH3 is 1. The van der Waals surface area contributed by atoms with Crippen LogP contribution in [0, 0.1) is 6.92 Å². The van der Waals surface area contributed by atoms with Crippen molar-refractivity contribution in [3.05, 3.63) is 42.0 Å². The number of aromatic nitrogens is 3. The zero-order valence-electron chi connectivity index (χ0n) is 16.7. The Hall–Kier alpha value is -2.61. The van der Waals surface area contributed by atoms with Crippen molar-refractivity contribution in [2.45, 2.75) is 19.9 Å². The Kier molecular flexibility index (Phi) is 8.57. The molecule has 0 atom stereocenters. The lowest BCUT2D eigenvalue weighted by Gasteiger charge is -2.22. The summed E-state index contributed by atoms with van der Waals surface area (Å²) >= 11 is 0. The average molecular weight is 374 g/mol. The van der Waals surface area contributed by atoms with E-state index in [0.29, 0.717) is 26.3 Å². The third-order valence-corrected chi connectivity index (χ3v) is 4.16. The molecule has 0 bridgehead atoms. The first kappa shape index (κ1) is 20.7. The summed E-state index contributed by atoms with van der Waals surface area (Å²) in [6.07, 6.45) is 0.910. The number of nitrogens with one attached hydrogen (secondary N) is 1. The highest BCUT2D eigenvalue weighted by Gasteiger charge is 2.09. The van der Waals surface area contributed by atoms with Gasteiger partial charge >= 0.3 is 0 Å². The van der Waals surface area contributed by atoms with Crippen LogP contribution in [0.5, 0.6) is 5.75 Å². The second kappa shape index (κ2) is 11.2. The summed E-state index contributed by atoms with van der Waals surface area (Å²) in [5, 5.41) is 11.6. The topological polar surface area (TPSA) is 76.8 Å².